The van der Waals surface area contributed by atoms with Crippen LogP contribution in [0.5, 0.6) is 0 Å². The van der Waals surface area contributed by atoms with Crippen molar-refractivity contribution in [1.29, 1.82) is 0 Å². The van der Waals surface area contributed by atoms with Crippen molar-refractivity contribution in [2.45, 2.75) is 0 Å². The molecule has 1 aromatic heterocycles. The van der Waals surface area contributed by atoms with E-state index in [0.717, 1.165) is 10.0 Å². The Morgan fingerprint density at radius 3 is 2.70 bits per heavy atom. The minimum Gasteiger partial charge on any atom is -0.298 e. The molecule has 0 aliphatic rings. The predicted molar refractivity (Wildman–Crippen MR) is 99.7 cm³/mol. The van der Waals surface area contributed by atoms with Crippen LogP contribution >= 0.6 is 50.5 Å². The summed E-state index contributed by atoms with van der Waals surface area (Å²) in [5.41, 5.74) is 2.02. The number of thiazole rings is 1. The molecule has 0 unspecified atom stereocenters. The van der Waals surface area contributed by atoms with Gasteiger partial charge in [0.15, 0.2) is 5.13 Å². The van der Waals surface area contributed by atoms with Gasteiger partial charge in [0.2, 0.25) is 0 Å². The number of anilines is 1. The summed E-state index contributed by atoms with van der Waals surface area (Å²) in [7, 11) is 0. The summed E-state index contributed by atoms with van der Waals surface area (Å²) in [5, 5.41) is 6.22. The molecule has 3 rings (SSSR count). The fourth-order valence-electron chi connectivity index (χ4n) is 1.96. The first-order valence-electron chi connectivity index (χ1n) is 6.51. The Hall–Kier alpha value is -1.40. The Balaban J connectivity index is 1.82. The summed E-state index contributed by atoms with van der Waals surface area (Å²) in [5.74, 6) is -0.222. The average Bonchev–Trinajstić information content (AvgIpc) is 2.95. The zero-order chi connectivity index (χ0) is 16.4. The van der Waals surface area contributed by atoms with Gasteiger partial charge in [-0.05, 0) is 46.3 Å². The van der Waals surface area contributed by atoms with Crippen LogP contribution in [-0.4, -0.2) is 10.9 Å². The summed E-state index contributed by atoms with van der Waals surface area (Å²) < 4.78 is 0.732. The summed E-state index contributed by atoms with van der Waals surface area (Å²) in [6.45, 7) is 0. The maximum Gasteiger partial charge on any atom is 0.258 e. The van der Waals surface area contributed by atoms with Crippen molar-refractivity contribution in [3.05, 3.63) is 67.9 Å². The molecule has 0 saturated heterocycles. The third-order valence-corrected chi connectivity index (χ3v) is 5.05. The normalized spacial score (nSPS) is 10.6. The van der Waals surface area contributed by atoms with Gasteiger partial charge in [0.05, 0.1) is 16.3 Å². The second-order valence-corrected chi connectivity index (χ2v) is 7.15. The van der Waals surface area contributed by atoms with Crippen molar-refractivity contribution in [2.75, 3.05) is 5.32 Å². The monoisotopic (exact) mass is 426 g/mol. The van der Waals surface area contributed by atoms with Gasteiger partial charge in [-0.25, -0.2) is 4.98 Å². The molecule has 0 bridgehead atoms. The fraction of sp³-hybridized carbons (Fsp3) is 0. The van der Waals surface area contributed by atoms with E-state index in [9.17, 15) is 4.79 Å². The smallest absolute Gasteiger partial charge is 0.258 e. The van der Waals surface area contributed by atoms with E-state index in [1.807, 2.05) is 17.5 Å². The number of hydrogen-bond donors (Lipinski definition) is 1. The van der Waals surface area contributed by atoms with Crippen LogP contribution in [0.15, 0.2) is 52.3 Å². The molecule has 0 saturated carbocycles. The number of aromatic nitrogens is 1. The van der Waals surface area contributed by atoms with E-state index in [-0.39, 0.29) is 5.91 Å². The van der Waals surface area contributed by atoms with Gasteiger partial charge in [0.25, 0.3) is 5.91 Å². The SMILES string of the molecule is O=C(Nc1nc(-c2ccc(Cl)cc2Cl)cs1)c1ccccc1Br. The van der Waals surface area contributed by atoms with E-state index in [1.165, 1.54) is 11.3 Å². The van der Waals surface area contributed by atoms with Crippen molar-refractivity contribution in [3.63, 3.8) is 0 Å². The number of halogens is 3. The lowest BCUT2D eigenvalue weighted by Gasteiger charge is -2.04. The van der Waals surface area contributed by atoms with Gasteiger partial charge in [-0.3, -0.25) is 10.1 Å². The summed E-state index contributed by atoms with van der Waals surface area (Å²) in [4.78, 5) is 16.7. The van der Waals surface area contributed by atoms with Crippen LogP contribution in [0.25, 0.3) is 11.3 Å². The van der Waals surface area contributed by atoms with E-state index in [0.29, 0.717) is 26.4 Å². The Kier molecular flexibility index (Phi) is 5.02. The Morgan fingerprint density at radius 1 is 1.17 bits per heavy atom. The standard InChI is InChI=1S/C16H9BrCl2N2OS/c17-12-4-2-1-3-10(12)15(22)21-16-20-14(8-23-16)11-6-5-9(18)7-13(11)19/h1-8H,(H,20,21,22). The molecule has 2 aromatic carbocycles. The molecule has 1 N–H and O–H groups in total. The second-order valence-electron chi connectivity index (χ2n) is 4.60. The lowest BCUT2D eigenvalue weighted by molar-refractivity contribution is 0.102. The molecule has 3 aromatic rings. The minimum absolute atomic E-state index is 0.222. The molecule has 0 aliphatic carbocycles. The molecule has 7 heteroatoms. The van der Waals surface area contributed by atoms with Crippen LogP contribution in [0.3, 0.4) is 0 Å². The molecular formula is C16H9BrCl2N2OS. The number of hydrogen-bond acceptors (Lipinski definition) is 3. The van der Waals surface area contributed by atoms with E-state index >= 15 is 0 Å². The number of nitrogens with zero attached hydrogens (tertiary/aromatic N) is 1. The molecule has 0 radical (unpaired) electrons. The first-order valence-corrected chi connectivity index (χ1v) is 8.94. The molecule has 0 aliphatic heterocycles. The molecule has 23 heavy (non-hydrogen) atoms. The van der Waals surface area contributed by atoms with Crippen molar-refractivity contribution in [2.24, 2.45) is 0 Å². The van der Waals surface area contributed by atoms with Gasteiger partial charge in [-0.1, -0.05) is 35.3 Å². The first kappa shape index (κ1) is 16.5. The number of amides is 1. The second kappa shape index (κ2) is 7.01. The third-order valence-electron chi connectivity index (χ3n) is 3.05. The van der Waals surface area contributed by atoms with Crippen LogP contribution in [0.2, 0.25) is 10.0 Å². The lowest BCUT2D eigenvalue weighted by Crippen LogP contribution is -2.12. The Bertz CT molecular complexity index is 882. The molecule has 1 heterocycles. The van der Waals surface area contributed by atoms with E-state index in [2.05, 4.69) is 26.2 Å². The molecule has 3 nitrogen and oxygen atoms in total. The Labute approximate surface area is 155 Å². The van der Waals surface area contributed by atoms with Crippen LogP contribution in [0.1, 0.15) is 10.4 Å². The number of carbonyl (C=O) groups is 1. The summed E-state index contributed by atoms with van der Waals surface area (Å²) in [6.07, 6.45) is 0. The number of rotatable bonds is 3. The van der Waals surface area contributed by atoms with E-state index < -0.39 is 0 Å². The van der Waals surface area contributed by atoms with Gasteiger partial charge in [-0.15, -0.1) is 11.3 Å². The fourth-order valence-corrected chi connectivity index (χ4v) is 3.64. The molecular weight excluding hydrogens is 419 g/mol. The van der Waals surface area contributed by atoms with Gasteiger partial charge in [-0.2, -0.15) is 0 Å². The maximum absolute atomic E-state index is 12.3. The van der Waals surface area contributed by atoms with Crippen LogP contribution < -0.4 is 5.32 Å². The Morgan fingerprint density at radius 2 is 1.96 bits per heavy atom. The molecule has 1 amide bonds. The van der Waals surface area contributed by atoms with Gasteiger partial charge < -0.3 is 0 Å². The predicted octanol–water partition coefficient (Wildman–Crippen LogP) is 6.13. The van der Waals surface area contributed by atoms with E-state index in [4.69, 9.17) is 23.2 Å². The maximum atomic E-state index is 12.3. The highest BCUT2D eigenvalue weighted by Gasteiger charge is 2.13. The van der Waals surface area contributed by atoms with Crippen LogP contribution in [0.4, 0.5) is 5.13 Å². The zero-order valence-electron chi connectivity index (χ0n) is 11.5. The highest BCUT2D eigenvalue weighted by molar-refractivity contribution is 9.10. The lowest BCUT2D eigenvalue weighted by atomic mass is 10.2. The van der Waals surface area contributed by atoms with Crippen LogP contribution in [0, 0.1) is 0 Å². The summed E-state index contributed by atoms with van der Waals surface area (Å²) >= 11 is 16.8. The molecule has 0 atom stereocenters. The van der Waals surface area contributed by atoms with Gasteiger partial charge in [0, 0.05) is 20.4 Å². The topological polar surface area (TPSA) is 42.0 Å². The number of nitrogens with one attached hydrogen (secondary N) is 1. The molecule has 0 fully saturated rings. The first-order chi connectivity index (χ1) is 11.0. The van der Waals surface area contributed by atoms with E-state index in [1.54, 1.807) is 30.3 Å². The van der Waals surface area contributed by atoms with Gasteiger partial charge >= 0.3 is 0 Å². The highest BCUT2D eigenvalue weighted by atomic mass is 79.9. The van der Waals surface area contributed by atoms with Crippen molar-refractivity contribution in [1.82, 2.24) is 4.98 Å². The highest BCUT2D eigenvalue weighted by Crippen LogP contribution is 2.32. The quantitative estimate of drug-likeness (QED) is 0.546. The molecule has 116 valence electrons. The van der Waals surface area contributed by atoms with Crippen molar-refractivity contribution in [3.8, 4) is 11.3 Å². The average molecular weight is 428 g/mol. The zero-order valence-corrected chi connectivity index (χ0v) is 15.4. The van der Waals surface area contributed by atoms with Gasteiger partial charge in [0.1, 0.15) is 0 Å². The number of carbonyl (C=O) groups excluding carboxylic acids is 1. The van der Waals surface area contributed by atoms with Crippen molar-refractivity contribution >= 4 is 61.5 Å². The largest absolute Gasteiger partial charge is 0.298 e. The minimum atomic E-state index is -0.222. The van der Waals surface area contributed by atoms with Crippen LogP contribution in [-0.2, 0) is 0 Å². The summed E-state index contributed by atoms with van der Waals surface area (Å²) in [6, 6.07) is 12.4. The van der Waals surface area contributed by atoms with Crippen molar-refractivity contribution < 1.29 is 4.79 Å². The molecule has 0 spiro atoms. The number of benzene rings is 2. The third kappa shape index (κ3) is 3.75.